The van der Waals surface area contributed by atoms with Crippen molar-refractivity contribution >= 4 is 22.1 Å². The molecule has 0 aromatic heterocycles. The number of hydrogen-bond donors (Lipinski definition) is 1. The maximum atomic E-state index is 12.8. The molecule has 30 heavy (non-hydrogen) atoms. The number of methoxy groups -OCH3 is 2. The van der Waals surface area contributed by atoms with Gasteiger partial charge in [0.05, 0.1) is 25.3 Å². The molecule has 2 aromatic carbocycles. The normalized spacial score (nSPS) is 15.1. The highest BCUT2D eigenvalue weighted by Crippen LogP contribution is 2.27. The fraction of sp³-hybridized carbons (Fsp3) is 0.333. The van der Waals surface area contributed by atoms with Crippen LogP contribution >= 0.6 is 0 Å². The van der Waals surface area contributed by atoms with Crippen LogP contribution in [0.15, 0.2) is 52.5 Å². The molecular formula is C21H25N3O5S. The maximum absolute atomic E-state index is 12.8. The topological polar surface area (TPSA) is 97.3 Å². The Morgan fingerprint density at radius 3 is 2.47 bits per heavy atom. The first-order valence-corrected chi connectivity index (χ1v) is 11.1. The van der Waals surface area contributed by atoms with Crippen molar-refractivity contribution in [2.45, 2.75) is 24.2 Å². The van der Waals surface area contributed by atoms with E-state index >= 15 is 0 Å². The maximum Gasteiger partial charge on any atom is 0.271 e. The molecule has 1 amide bonds. The van der Waals surface area contributed by atoms with Gasteiger partial charge in [0.15, 0.2) is 11.5 Å². The van der Waals surface area contributed by atoms with E-state index in [4.69, 9.17) is 9.47 Å². The molecule has 2 aromatic rings. The molecular weight excluding hydrogens is 406 g/mol. The average Bonchev–Trinajstić information content (AvgIpc) is 2.79. The molecule has 0 radical (unpaired) electrons. The zero-order valence-electron chi connectivity index (χ0n) is 17.0. The molecule has 0 unspecified atom stereocenters. The molecule has 1 aliphatic rings. The van der Waals surface area contributed by atoms with Gasteiger partial charge in [0.25, 0.3) is 5.91 Å². The molecule has 1 fully saturated rings. The second-order valence-electron chi connectivity index (χ2n) is 6.81. The van der Waals surface area contributed by atoms with Gasteiger partial charge in [0.2, 0.25) is 10.0 Å². The Hall–Kier alpha value is -2.91. The standard InChI is InChI=1S/C21H25N3O5S/c1-28-19-10-9-16(13-20(19)29-2)15-22-23-21(25)17-7-6-8-18(14-17)30(26,27)24-11-4-3-5-12-24/h6-10,13-15H,3-5,11-12H2,1-2H3,(H,23,25)/b22-15+. The Morgan fingerprint density at radius 1 is 1.03 bits per heavy atom. The minimum atomic E-state index is -3.61. The smallest absolute Gasteiger partial charge is 0.271 e. The predicted octanol–water partition coefficient (Wildman–Crippen LogP) is 2.64. The lowest BCUT2D eigenvalue weighted by Gasteiger charge is -2.25. The number of nitrogens with zero attached hydrogens (tertiary/aromatic N) is 2. The number of carbonyl (C=O) groups is 1. The van der Waals surface area contributed by atoms with Crippen molar-refractivity contribution in [3.8, 4) is 11.5 Å². The van der Waals surface area contributed by atoms with Gasteiger partial charge in [-0.2, -0.15) is 9.41 Å². The largest absolute Gasteiger partial charge is 0.493 e. The molecule has 9 heteroatoms. The van der Waals surface area contributed by atoms with E-state index in [1.54, 1.807) is 37.4 Å². The Balaban J connectivity index is 1.70. The van der Waals surface area contributed by atoms with E-state index in [0.717, 1.165) is 19.3 Å². The summed E-state index contributed by atoms with van der Waals surface area (Å²) < 4.78 is 37.5. The number of benzene rings is 2. The van der Waals surface area contributed by atoms with Gasteiger partial charge in [-0.15, -0.1) is 0 Å². The molecule has 0 atom stereocenters. The second-order valence-corrected chi connectivity index (χ2v) is 8.74. The molecule has 1 heterocycles. The quantitative estimate of drug-likeness (QED) is 0.537. The first-order valence-electron chi connectivity index (χ1n) is 9.61. The molecule has 0 bridgehead atoms. The minimum absolute atomic E-state index is 0.112. The molecule has 0 spiro atoms. The predicted molar refractivity (Wildman–Crippen MR) is 114 cm³/mol. The summed E-state index contributed by atoms with van der Waals surface area (Å²) in [7, 11) is -0.526. The van der Waals surface area contributed by atoms with E-state index < -0.39 is 15.9 Å². The highest BCUT2D eigenvalue weighted by Gasteiger charge is 2.26. The SMILES string of the molecule is COc1ccc(/C=N/NC(=O)c2cccc(S(=O)(=O)N3CCCCC3)c2)cc1OC. The van der Waals surface area contributed by atoms with E-state index in [1.807, 2.05) is 0 Å². The Kier molecular flexibility index (Phi) is 7.07. The van der Waals surface area contributed by atoms with E-state index in [-0.39, 0.29) is 10.5 Å². The van der Waals surface area contributed by atoms with Crippen LogP contribution in [0.25, 0.3) is 0 Å². The number of rotatable bonds is 7. The van der Waals surface area contributed by atoms with Gasteiger partial charge in [-0.1, -0.05) is 12.5 Å². The highest BCUT2D eigenvalue weighted by molar-refractivity contribution is 7.89. The van der Waals surface area contributed by atoms with Gasteiger partial charge in [0.1, 0.15) is 0 Å². The third-order valence-corrected chi connectivity index (χ3v) is 6.73. The zero-order chi connectivity index (χ0) is 21.6. The van der Waals surface area contributed by atoms with Crippen LogP contribution in [0.1, 0.15) is 35.2 Å². The van der Waals surface area contributed by atoms with Crippen molar-refractivity contribution in [1.29, 1.82) is 0 Å². The molecule has 3 rings (SSSR count). The van der Waals surface area contributed by atoms with E-state index in [1.165, 1.54) is 29.8 Å². The number of piperidine rings is 1. The summed E-state index contributed by atoms with van der Waals surface area (Å²) in [6.07, 6.45) is 4.20. The summed E-state index contributed by atoms with van der Waals surface area (Å²) in [5.74, 6) is 0.635. The van der Waals surface area contributed by atoms with Crippen LogP contribution in [0, 0.1) is 0 Å². The average molecular weight is 432 g/mol. The van der Waals surface area contributed by atoms with Crippen molar-refractivity contribution in [3.05, 3.63) is 53.6 Å². The number of hydrogen-bond acceptors (Lipinski definition) is 6. The fourth-order valence-electron chi connectivity index (χ4n) is 3.22. The molecule has 1 N–H and O–H groups in total. The Labute approximate surface area is 176 Å². The van der Waals surface area contributed by atoms with Crippen LogP contribution in [0.2, 0.25) is 0 Å². The first-order chi connectivity index (χ1) is 14.5. The first kappa shape index (κ1) is 21.8. The van der Waals surface area contributed by atoms with Gasteiger partial charge in [-0.3, -0.25) is 4.79 Å². The number of sulfonamides is 1. The van der Waals surface area contributed by atoms with Gasteiger partial charge in [0, 0.05) is 18.7 Å². The number of hydrazone groups is 1. The van der Waals surface area contributed by atoms with Crippen molar-refractivity contribution in [2.24, 2.45) is 5.10 Å². The lowest BCUT2D eigenvalue weighted by atomic mass is 10.2. The number of ether oxygens (including phenoxy) is 2. The molecule has 0 saturated carbocycles. The van der Waals surface area contributed by atoms with Crippen LogP contribution in [-0.4, -0.2) is 52.2 Å². The Morgan fingerprint density at radius 2 is 1.77 bits per heavy atom. The monoisotopic (exact) mass is 431 g/mol. The van der Waals surface area contributed by atoms with E-state index in [9.17, 15) is 13.2 Å². The second kappa shape index (κ2) is 9.73. The van der Waals surface area contributed by atoms with E-state index in [0.29, 0.717) is 30.2 Å². The molecule has 1 aliphatic heterocycles. The lowest BCUT2D eigenvalue weighted by molar-refractivity contribution is 0.0955. The van der Waals surface area contributed by atoms with Crippen molar-refractivity contribution in [1.82, 2.24) is 9.73 Å². The summed E-state index contributed by atoms with van der Waals surface area (Å²) in [5.41, 5.74) is 3.34. The van der Waals surface area contributed by atoms with Crippen molar-refractivity contribution in [2.75, 3.05) is 27.3 Å². The molecule has 8 nitrogen and oxygen atoms in total. The van der Waals surface area contributed by atoms with Crippen LogP contribution in [0.4, 0.5) is 0 Å². The summed E-state index contributed by atoms with van der Waals surface area (Å²) >= 11 is 0. The highest BCUT2D eigenvalue weighted by atomic mass is 32.2. The van der Waals surface area contributed by atoms with Crippen LogP contribution < -0.4 is 14.9 Å². The fourth-order valence-corrected chi connectivity index (χ4v) is 4.78. The van der Waals surface area contributed by atoms with Gasteiger partial charge >= 0.3 is 0 Å². The third kappa shape index (κ3) is 4.98. The molecule has 160 valence electrons. The number of carbonyl (C=O) groups excluding carboxylic acids is 1. The summed E-state index contributed by atoms with van der Waals surface area (Å²) in [5, 5.41) is 3.95. The van der Waals surface area contributed by atoms with Crippen LogP contribution in [0.3, 0.4) is 0 Å². The molecule has 0 aliphatic carbocycles. The van der Waals surface area contributed by atoms with Gasteiger partial charge in [-0.05, 0) is 54.8 Å². The van der Waals surface area contributed by atoms with Gasteiger partial charge in [-0.25, -0.2) is 13.8 Å². The minimum Gasteiger partial charge on any atom is -0.493 e. The molecule has 1 saturated heterocycles. The third-order valence-electron chi connectivity index (χ3n) is 4.84. The van der Waals surface area contributed by atoms with Crippen LogP contribution in [-0.2, 0) is 10.0 Å². The summed E-state index contributed by atoms with van der Waals surface area (Å²) in [4.78, 5) is 12.5. The zero-order valence-corrected chi connectivity index (χ0v) is 17.8. The summed E-state index contributed by atoms with van der Waals surface area (Å²) in [6, 6.07) is 11.2. The van der Waals surface area contributed by atoms with Gasteiger partial charge < -0.3 is 9.47 Å². The number of amides is 1. The summed E-state index contributed by atoms with van der Waals surface area (Å²) in [6.45, 7) is 1.02. The Bertz CT molecular complexity index is 1030. The van der Waals surface area contributed by atoms with Crippen molar-refractivity contribution in [3.63, 3.8) is 0 Å². The van der Waals surface area contributed by atoms with Crippen molar-refractivity contribution < 1.29 is 22.7 Å². The lowest BCUT2D eigenvalue weighted by Crippen LogP contribution is -2.35. The number of nitrogens with one attached hydrogen (secondary N) is 1. The van der Waals surface area contributed by atoms with Crippen LogP contribution in [0.5, 0.6) is 11.5 Å². The van der Waals surface area contributed by atoms with E-state index in [2.05, 4.69) is 10.5 Å².